The molecule has 0 unspecified atom stereocenters. The van der Waals surface area contributed by atoms with E-state index in [1.165, 1.54) is 0 Å². The predicted molar refractivity (Wildman–Crippen MR) is 124 cm³/mol. The van der Waals surface area contributed by atoms with Gasteiger partial charge in [-0.25, -0.2) is 4.79 Å². The molecular formula is C25H22N5O2+. The van der Waals surface area contributed by atoms with Crippen LogP contribution in [0.4, 0.5) is 5.69 Å². The van der Waals surface area contributed by atoms with E-state index in [-0.39, 0.29) is 18.3 Å². The van der Waals surface area contributed by atoms with E-state index in [4.69, 9.17) is 27.0 Å². The minimum Gasteiger partial charge on any atom is -0.453 e. The van der Waals surface area contributed by atoms with E-state index >= 15 is 0 Å². The lowest BCUT2D eigenvalue weighted by molar-refractivity contribution is -0.369. The highest BCUT2D eigenvalue weighted by molar-refractivity contribution is 5.98. The van der Waals surface area contributed by atoms with E-state index in [9.17, 15) is 4.79 Å². The van der Waals surface area contributed by atoms with Gasteiger partial charge in [0.2, 0.25) is 5.69 Å². The number of ether oxygens (including phenoxy) is 1. The molecule has 0 amide bonds. The van der Waals surface area contributed by atoms with Gasteiger partial charge in [0.1, 0.15) is 18.3 Å². The average Bonchev–Trinajstić information content (AvgIpc) is 3.16. The summed E-state index contributed by atoms with van der Waals surface area (Å²) < 4.78 is 7.35. The molecular weight excluding hydrogens is 402 g/mol. The molecule has 1 aliphatic heterocycles. The number of carbonyl (C=O) groups is 1. The van der Waals surface area contributed by atoms with E-state index in [0.717, 1.165) is 22.4 Å². The molecule has 158 valence electrons. The fourth-order valence-electron chi connectivity index (χ4n) is 3.46. The number of benzene rings is 3. The van der Waals surface area contributed by atoms with Crippen LogP contribution in [0.1, 0.15) is 27.8 Å². The molecule has 1 heterocycles. The van der Waals surface area contributed by atoms with Crippen LogP contribution in [0.15, 0.2) is 78.5 Å². The molecule has 7 heteroatoms. The molecule has 0 spiro atoms. The number of fused-ring (bicyclic) bond motifs is 1. The van der Waals surface area contributed by atoms with Crippen molar-refractivity contribution < 1.29 is 14.1 Å². The molecule has 3 aromatic rings. The van der Waals surface area contributed by atoms with E-state index in [1.807, 2.05) is 48.7 Å². The fourth-order valence-corrected chi connectivity index (χ4v) is 3.46. The van der Waals surface area contributed by atoms with Crippen molar-refractivity contribution >= 4 is 35.6 Å². The third kappa shape index (κ3) is 4.32. The van der Waals surface area contributed by atoms with E-state index in [0.29, 0.717) is 16.8 Å². The lowest BCUT2D eigenvalue weighted by atomic mass is 10.1. The maximum Gasteiger partial charge on any atom is 0.404 e. The highest BCUT2D eigenvalue weighted by Gasteiger charge is 2.33. The summed E-state index contributed by atoms with van der Waals surface area (Å²) in [6, 6.07) is 22.0. The third-order valence-electron chi connectivity index (χ3n) is 5.04. The van der Waals surface area contributed by atoms with Gasteiger partial charge in [0.05, 0.1) is 5.56 Å². The van der Waals surface area contributed by atoms with Crippen molar-refractivity contribution in [2.75, 3.05) is 0 Å². The van der Waals surface area contributed by atoms with Crippen LogP contribution < -0.4 is 11.5 Å². The summed E-state index contributed by atoms with van der Waals surface area (Å²) in [5, 5.41) is 15.2. The van der Waals surface area contributed by atoms with Crippen LogP contribution >= 0.6 is 0 Å². The number of nitrogens with two attached hydrogens (primary N) is 2. The Morgan fingerprint density at radius 1 is 0.906 bits per heavy atom. The summed E-state index contributed by atoms with van der Waals surface area (Å²) >= 11 is 0. The van der Waals surface area contributed by atoms with Crippen molar-refractivity contribution in [1.82, 2.24) is 0 Å². The van der Waals surface area contributed by atoms with Crippen molar-refractivity contribution in [3.05, 3.63) is 106 Å². The van der Waals surface area contributed by atoms with Crippen LogP contribution in [0.25, 0.3) is 6.08 Å². The first-order valence-electron chi connectivity index (χ1n) is 9.92. The van der Waals surface area contributed by atoms with Gasteiger partial charge in [-0.3, -0.25) is 10.8 Å². The summed E-state index contributed by atoms with van der Waals surface area (Å²) in [4.78, 5) is 13.0. The second-order valence-electron chi connectivity index (χ2n) is 7.32. The van der Waals surface area contributed by atoms with Crippen LogP contribution in [-0.4, -0.2) is 28.4 Å². The Bertz CT molecular complexity index is 1310. The largest absolute Gasteiger partial charge is 0.453 e. The summed E-state index contributed by atoms with van der Waals surface area (Å²) in [7, 11) is 0. The molecule has 4 rings (SSSR count). The van der Waals surface area contributed by atoms with E-state index < -0.39 is 5.97 Å². The highest BCUT2D eigenvalue weighted by atomic mass is 16.5. The first-order chi connectivity index (χ1) is 15.4. The molecule has 0 aliphatic carbocycles. The number of esters is 1. The number of hydrogen-bond donors (Lipinski definition) is 4. The Morgan fingerprint density at radius 3 is 2.34 bits per heavy atom. The molecule has 0 radical (unpaired) electrons. The molecule has 7 nitrogen and oxygen atoms in total. The normalized spacial score (nSPS) is 13.4. The van der Waals surface area contributed by atoms with Crippen LogP contribution in [0.3, 0.4) is 0 Å². The number of hydrogen-bond acceptors (Lipinski definition) is 4. The number of nitrogens with one attached hydrogen (secondary N) is 2. The van der Waals surface area contributed by atoms with Crippen LogP contribution in [0.2, 0.25) is 0 Å². The molecule has 0 saturated carbocycles. The number of nitrogens with zero attached hydrogens (tertiary/aromatic N) is 1. The van der Waals surface area contributed by atoms with Gasteiger partial charge in [0, 0.05) is 28.8 Å². The molecule has 0 fully saturated rings. The third-order valence-corrected chi connectivity index (χ3v) is 5.04. The second kappa shape index (κ2) is 8.69. The maximum atomic E-state index is 13.0. The summed E-state index contributed by atoms with van der Waals surface area (Å²) in [5.41, 5.74) is 16.0. The van der Waals surface area contributed by atoms with Gasteiger partial charge in [-0.05, 0) is 29.8 Å². The molecule has 0 aromatic heterocycles. The van der Waals surface area contributed by atoms with E-state index in [1.54, 1.807) is 41.0 Å². The summed E-state index contributed by atoms with van der Waals surface area (Å²) in [6.07, 6.45) is 3.61. The van der Waals surface area contributed by atoms with Gasteiger partial charge in [0.15, 0.2) is 6.21 Å². The summed E-state index contributed by atoms with van der Waals surface area (Å²) in [6.45, 7) is 0.0568. The van der Waals surface area contributed by atoms with Crippen molar-refractivity contribution in [2.24, 2.45) is 11.5 Å². The standard InChI is InChI=1S/C25H22N5O2/c26-23(27)19-8-3-5-16(11-19)14-30-21-10-2-1-7-18(21)13-22(30)25(31)32-15-17-6-4-9-20(12-17)24(28)29/h1-14H,15H2,(H3,26,27)(H3,28,29)/q+1. The molecule has 1 aliphatic rings. The van der Waals surface area contributed by atoms with Crippen LogP contribution in [0.5, 0.6) is 0 Å². The van der Waals surface area contributed by atoms with Gasteiger partial charge in [-0.15, -0.1) is 0 Å². The molecule has 0 atom stereocenters. The maximum absolute atomic E-state index is 13.0. The molecule has 3 aromatic carbocycles. The Morgan fingerprint density at radius 2 is 1.59 bits per heavy atom. The lowest BCUT2D eigenvalue weighted by Gasteiger charge is -2.06. The molecule has 0 saturated heterocycles. The molecule has 6 N–H and O–H groups in total. The van der Waals surface area contributed by atoms with Crippen molar-refractivity contribution in [2.45, 2.75) is 6.61 Å². The van der Waals surface area contributed by atoms with Crippen LogP contribution in [-0.2, 0) is 16.1 Å². The first-order valence-corrected chi connectivity index (χ1v) is 9.92. The highest BCUT2D eigenvalue weighted by Crippen LogP contribution is 2.32. The van der Waals surface area contributed by atoms with Crippen molar-refractivity contribution in [3.8, 4) is 0 Å². The number of rotatable bonds is 6. The SMILES string of the molecule is N=C(N)c1cccc(C=[N+]2C(C(=O)OCc3cccc(C(=N)N)c3)=Cc3ccccc32)c1. The zero-order valence-corrected chi connectivity index (χ0v) is 17.2. The number of carbonyl (C=O) groups excluding carboxylic acids is 1. The van der Waals surface area contributed by atoms with Crippen molar-refractivity contribution in [1.29, 1.82) is 10.8 Å². The molecule has 0 bridgehead atoms. The summed E-state index contributed by atoms with van der Waals surface area (Å²) in [5.74, 6) is -0.542. The number of amidine groups is 2. The van der Waals surface area contributed by atoms with Crippen molar-refractivity contribution in [3.63, 3.8) is 0 Å². The Kier molecular flexibility index (Phi) is 5.63. The van der Waals surface area contributed by atoms with Gasteiger partial charge < -0.3 is 16.2 Å². The number of para-hydroxylation sites is 1. The fraction of sp³-hybridized carbons (Fsp3) is 0.0400. The lowest BCUT2D eigenvalue weighted by Crippen LogP contribution is -2.17. The van der Waals surface area contributed by atoms with E-state index in [2.05, 4.69) is 0 Å². The minimum absolute atomic E-state index is 0.0231. The first kappa shape index (κ1) is 20.7. The topological polar surface area (TPSA) is 129 Å². The average molecular weight is 424 g/mol. The zero-order chi connectivity index (χ0) is 22.7. The van der Waals surface area contributed by atoms with Gasteiger partial charge in [-0.2, -0.15) is 4.58 Å². The van der Waals surface area contributed by atoms with Gasteiger partial charge >= 0.3 is 5.97 Å². The number of nitrogen functional groups attached to an aromatic ring is 2. The Balaban J connectivity index is 1.62. The van der Waals surface area contributed by atoms with Gasteiger partial charge in [-0.1, -0.05) is 42.5 Å². The Labute approximate surface area is 185 Å². The smallest absolute Gasteiger partial charge is 0.404 e. The monoisotopic (exact) mass is 424 g/mol. The predicted octanol–water partition coefficient (Wildman–Crippen LogP) is 3.12. The Hall–Kier alpha value is -4.52. The van der Waals surface area contributed by atoms with Gasteiger partial charge in [0.25, 0.3) is 5.70 Å². The van der Waals surface area contributed by atoms with Crippen LogP contribution in [0, 0.1) is 10.8 Å². The quantitative estimate of drug-likeness (QED) is 0.210. The zero-order valence-electron chi connectivity index (χ0n) is 17.2. The minimum atomic E-state index is -0.478. The second-order valence-corrected chi connectivity index (χ2v) is 7.32. The molecule has 32 heavy (non-hydrogen) atoms.